The first-order chi connectivity index (χ1) is 10.8. The fourth-order valence-electron chi connectivity index (χ4n) is 3.15. The predicted octanol–water partition coefficient (Wildman–Crippen LogP) is 3.45. The van der Waals surface area contributed by atoms with Gasteiger partial charge in [-0.1, -0.05) is 31.5 Å². The Morgan fingerprint density at radius 2 is 2.27 bits per heavy atom. The maximum absolute atomic E-state index is 12.3. The zero-order chi connectivity index (χ0) is 15.4. The van der Waals surface area contributed by atoms with Crippen molar-refractivity contribution in [1.29, 1.82) is 0 Å². The molecule has 2 aromatic rings. The second kappa shape index (κ2) is 6.97. The first-order valence-corrected chi connectivity index (χ1v) is 8.23. The average Bonchev–Trinajstić information content (AvgIpc) is 3.17. The molecule has 1 N–H and O–H groups in total. The standard InChI is InChI=1S/C18H24N2O2/c1-2-3-9-20-10-8-14(12-20)13-22-18(21)16-11-19-17-7-5-4-6-15(16)17/h4-7,11,14,19H,2-3,8-10,12-13H2,1H3. The van der Waals surface area contributed by atoms with E-state index >= 15 is 0 Å². The van der Waals surface area contributed by atoms with Crippen molar-refractivity contribution in [2.24, 2.45) is 5.92 Å². The molecule has 1 saturated heterocycles. The molecule has 1 aromatic heterocycles. The summed E-state index contributed by atoms with van der Waals surface area (Å²) < 4.78 is 5.55. The van der Waals surface area contributed by atoms with Crippen LogP contribution >= 0.6 is 0 Å². The monoisotopic (exact) mass is 300 g/mol. The minimum Gasteiger partial charge on any atom is -0.462 e. The van der Waals surface area contributed by atoms with Crippen LogP contribution in [0.3, 0.4) is 0 Å². The topological polar surface area (TPSA) is 45.3 Å². The molecular weight excluding hydrogens is 276 g/mol. The minimum atomic E-state index is -0.218. The lowest BCUT2D eigenvalue weighted by atomic mass is 10.1. The number of hydrogen-bond acceptors (Lipinski definition) is 3. The zero-order valence-electron chi connectivity index (χ0n) is 13.2. The van der Waals surface area contributed by atoms with Crippen molar-refractivity contribution in [1.82, 2.24) is 9.88 Å². The van der Waals surface area contributed by atoms with Crippen molar-refractivity contribution < 1.29 is 9.53 Å². The van der Waals surface area contributed by atoms with E-state index in [1.165, 1.54) is 19.4 Å². The average molecular weight is 300 g/mol. The summed E-state index contributed by atoms with van der Waals surface area (Å²) in [6, 6.07) is 7.81. The number of benzene rings is 1. The van der Waals surface area contributed by atoms with Crippen LogP contribution in [0.2, 0.25) is 0 Å². The van der Waals surface area contributed by atoms with E-state index in [2.05, 4.69) is 16.8 Å². The molecule has 4 nitrogen and oxygen atoms in total. The Morgan fingerprint density at radius 3 is 3.14 bits per heavy atom. The molecule has 1 atom stereocenters. The highest BCUT2D eigenvalue weighted by Crippen LogP contribution is 2.21. The SMILES string of the molecule is CCCCN1CCC(COC(=O)c2c[nH]c3ccccc23)C1. The molecule has 0 amide bonds. The van der Waals surface area contributed by atoms with Crippen molar-refractivity contribution in [3.05, 3.63) is 36.0 Å². The van der Waals surface area contributed by atoms with Crippen molar-refractivity contribution in [3.63, 3.8) is 0 Å². The van der Waals surface area contributed by atoms with Crippen molar-refractivity contribution in [3.8, 4) is 0 Å². The third-order valence-corrected chi connectivity index (χ3v) is 4.46. The van der Waals surface area contributed by atoms with Crippen LogP contribution in [0.5, 0.6) is 0 Å². The molecule has 0 saturated carbocycles. The number of rotatable bonds is 6. The number of nitrogens with zero attached hydrogens (tertiary/aromatic N) is 1. The molecule has 0 spiro atoms. The Bertz CT molecular complexity index is 635. The predicted molar refractivity (Wildman–Crippen MR) is 88.0 cm³/mol. The summed E-state index contributed by atoms with van der Waals surface area (Å²) in [7, 11) is 0. The molecule has 1 aliphatic heterocycles. The number of esters is 1. The van der Waals surface area contributed by atoms with Crippen molar-refractivity contribution in [2.45, 2.75) is 26.2 Å². The van der Waals surface area contributed by atoms with E-state index < -0.39 is 0 Å². The van der Waals surface area contributed by atoms with E-state index in [4.69, 9.17) is 4.74 Å². The number of ether oxygens (including phenoxy) is 1. The summed E-state index contributed by atoms with van der Waals surface area (Å²) in [4.78, 5) is 17.9. The first kappa shape index (κ1) is 15.1. The number of aromatic amines is 1. The van der Waals surface area contributed by atoms with E-state index in [9.17, 15) is 4.79 Å². The van der Waals surface area contributed by atoms with Gasteiger partial charge in [0.05, 0.1) is 12.2 Å². The van der Waals surface area contributed by atoms with E-state index in [0.29, 0.717) is 18.1 Å². The number of aromatic nitrogens is 1. The summed E-state index contributed by atoms with van der Waals surface area (Å²) >= 11 is 0. The van der Waals surface area contributed by atoms with Gasteiger partial charge in [-0.15, -0.1) is 0 Å². The van der Waals surface area contributed by atoms with Gasteiger partial charge >= 0.3 is 5.97 Å². The highest BCUT2D eigenvalue weighted by Gasteiger charge is 2.23. The second-order valence-corrected chi connectivity index (χ2v) is 6.16. The van der Waals surface area contributed by atoms with Gasteiger partial charge in [-0.25, -0.2) is 4.79 Å². The number of fused-ring (bicyclic) bond motifs is 1. The normalized spacial score (nSPS) is 18.9. The summed E-state index contributed by atoms with van der Waals surface area (Å²) in [5.74, 6) is 0.260. The summed E-state index contributed by atoms with van der Waals surface area (Å²) in [5.41, 5.74) is 1.61. The number of nitrogens with one attached hydrogen (secondary N) is 1. The van der Waals surface area contributed by atoms with Crippen LogP contribution in [0.25, 0.3) is 10.9 Å². The van der Waals surface area contributed by atoms with Gasteiger partial charge < -0.3 is 14.6 Å². The van der Waals surface area contributed by atoms with Gasteiger partial charge in [-0.3, -0.25) is 0 Å². The lowest BCUT2D eigenvalue weighted by molar-refractivity contribution is 0.0446. The van der Waals surface area contributed by atoms with Gasteiger partial charge in [0, 0.05) is 29.6 Å². The van der Waals surface area contributed by atoms with E-state index in [0.717, 1.165) is 30.4 Å². The lowest BCUT2D eigenvalue weighted by Gasteiger charge is -2.15. The molecule has 2 heterocycles. The summed E-state index contributed by atoms with van der Waals surface area (Å²) in [5, 5.41) is 0.934. The quantitative estimate of drug-likeness (QED) is 0.831. The second-order valence-electron chi connectivity index (χ2n) is 6.16. The van der Waals surface area contributed by atoms with E-state index in [-0.39, 0.29) is 5.97 Å². The smallest absolute Gasteiger partial charge is 0.340 e. The molecular formula is C18H24N2O2. The molecule has 0 bridgehead atoms. The van der Waals surface area contributed by atoms with E-state index in [1.54, 1.807) is 6.20 Å². The highest BCUT2D eigenvalue weighted by molar-refractivity contribution is 6.03. The third-order valence-electron chi connectivity index (χ3n) is 4.46. The van der Waals surface area contributed by atoms with Gasteiger partial charge in [-0.05, 0) is 32.0 Å². The first-order valence-electron chi connectivity index (χ1n) is 8.23. The van der Waals surface area contributed by atoms with Gasteiger partial charge in [0.2, 0.25) is 0 Å². The number of carbonyl (C=O) groups excluding carboxylic acids is 1. The highest BCUT2D eigenvalue weighted by atomic mass is 16.5. The van der Waals surface area contributed by atoms with Gasteiger partial charge in [-0.2, -0.15) is 0 Å². The van der Waals surface area contributed by atoms with Crippen molar-refractivity contribution >= 4 is 16.9 Å². The van der Waals surface area contributed by atoms with Crippen LogP contribution in [0.4, 0.5) is 0 Å². The Labute approximate surface area is 131 Å². The van der Waals surface area contributed by atoms with Crippen LogP contribution in [0, 0.1) is 5.92 Å². The van der Waals surface area contributed by atoms with Crippen LogP contribution in [-0.4, -0.2) is 42.1 Å². The van der Waals surface area contributed by atoms with Crippen LogP contribution in [0.1, 0.15) is 36.5 Å². The number of carbonyl (C=O) groups is 1. The Balaban J connectivity index is 1.53. The number of para-hydroxylation sites is 1. The maximum Gasteiger partial charge on any atom is 0.340 e. The molecule has 0 radical (unpaired) electrons. The van der Waals surface area contributed by atoms with E-state index in [1.807, 2.05) is 24.3 Å². The Kier molecular flexibility index (Phi) is 4.78. The van der Waals surface area contributed by atoms with Gasteiger partial charge in [0.1, 0.15) is 0 Å². The lowest BCUT2D eigenvalue weighted by Crippen LogP contribution is -2.23. The van der Waals surface area contributed by atoms with Crippen LogP contribution in [-0.2, 0) is 4.74 Å². The molecule has 4 heteroatoms. The number of H-pyrrole nitrogens is 1. The molecule has 0 aliphatic carbocycles. The minimum absolute atomic E-state index is 0.218. The number of unbranched alkanes of at least 4 members (excludes halogenated alkanes) is 1. The molecule has 3 rings (SSSR count). The van der Waals surface area contributed by atoms with Crippen LogP contribution in [0.15, 0.2) is 30.5 Å². The molecule has 1 unspecified atom stereocenters. The molecule has 118 valence electrons. The Morgan fingerprint density at radius 1 is 1.41 bits per heavy atom. The maximum atomic E-state index is 12.3. The molecule has 22 heavy (non-hydrogen) atoms. The van der Waals surface area contributed by atoms with Gasteiger partial charge in [0.25, 0.3) is 0 Å². The largest absolute Gasteiger partial charge is 0.462 e. The molecule has 1 fully saturated rings. The molecule has 1 aliphatic rings. The number of likely N-dealkylation sites (tertiary alicyclic amines) is 1. The van der Waals surface area contributed by atoms with Gasteiger partial charge in [0.15, 0.2) is 0 Å². The number of hydrogen-bond donors (Lipinski definition) is 1. The third kappa shape index (κ3) is 3.33. The van der Waals surface area contributed by atoms with Crippen LogP contribution < -0.4 is 0 Å². The zero-order valence-corrected chi connectivity index (χ0v) is 13.2. The molecule has 1 aromatic carbocycles. The fraction of sp³-hybridized carbons (Fsp3) is 0.500. The summed E-state index contributed by atoms with van der Waals surface area (Å²) in [6.45, 7) is 6.11. The van der Waals surface area contributed by atoms with Crippen molar-refractivity contribution in [2.75, 3.05) is 26.2 Å². The Hall–Kier alpha value is -1.81. The summed E-state index contributed by atoms with van der Waals surface area (Å²) in [6.07, 6.45) is 5.36. The fourth-order valence-corrected chi connectivity index (χ4v) is 3.15.